The van der Waals surface area contributed by atoms with Crippen molar-refractivity contribution < 1.29 is 18.3 Å². The van der Waals surface area contributed by atoms with Crippen LogP contribution in [0.3, 0.4) is 0 Å². The van der Waals surface area contributed by atoms with Crippen LogP contribution in [0.5, 0.6) is 5.75 Å². The molecule has 0 radical (unpaired) electrons. The molecule has 2 aromatic rings. The monoisotopic (exact) mass is 429 g/mol. The molecule has 5 nitrogen and oxygen atoms in total. The molecular formula is C19H19Cl2F2N3O2. The number of ether oxygens (including phenoxy) is 1. The lowest BCUT2D eigenvalue weighted by Crippen LogP contribution is -2.49. The zero-order valence-corrected chi connectivity index (χ0v) is 16.5. The molecular weight excluding hydrogens is 411 g/mol. The second kappa shape index (κ2) is 9.39. The van der Waals surface area contributed by atoms with Gasteiger partial charge in [0.15, 0.2) is 0 Å². The zero-order chi connectivity index (χ0) is 20.1. The van der Waals surface area contributed by atoms with Crippen molar-refractivity contribution in [2.24, 2.45) is 0 Å². The average molecular weight is 430 g/mol. The molecule has 0 unspecified atom stereocenters. The summed E-state index contributed by atoms with van der Waals surface area (Å²) in [6, 6.07) is 8.00. The Bertz CT molecular complexity index is 813. The number of aromatic nitrogens is 1. The van der Waals surface area contributed by atoms with Crippen LogP contribution in [0.4, 0.5) is 14.6 Å². The van der Waals surface area contributed by atoms with E-state index in [4.69, 9.17) is 23.2 Å². The van der Waals surface area contributed by atoms with Crippen LogP contribution in [0.25, 0.3) is 0 Å². The smallest absolute Gasteiger partial charge is 0.387 e. The van der Waals surface area contributed by atoms with Crippen molar-refractivity contribution in [3.63, 3.8) is 0 Å². The molecule has 0 N–H and O–H groups in total. The fourth-order valence-electron chi connectivity index (χ4n) is 3.05. The zero-order valence-electron chi connectivity index (χ0n) is 15.0. The summed E-state index contributed by atoms with van der Waals surface area (Å²) in [5.41, 5.74) is 0.894. The van der Waals surface area contributed by atoms with E-state index < -0.39 is 6.61 Å². The van der Waals surface area contributed by atoms with Gasteiger partial charge in [0.05, 0.1) is 10.0 Å². The highest BCUT2D eigenvalue weighted by atomic mass is 35.5. The van der Waals surface area contributed by atoms with Gasteiger partial charge in [0.2, 0.25) is 5.91 Å². The average Bonchev–Trinajstić information content (AvgIpc) is 2.67. The van der Waals surface area contributed by atoms with Gasteiger partial charge in [-0.1, -0.05) is 35.3 Å². The first-order valence-electron chi connectivity index (χ1n) is 8.80. The number of anilines is 1. The van der Waals surface area contributed by atoms with E-state index in [1.165, 1.54) is 12.1 Å². The number of carbonyl (C=O) groups is 1. The van der Waals surface area contributed by atoms with Gasteiger partial charge in [-0.2, -0.15) is 8.78 Å². The van der Waals surface area contributed by atoms with Gasteiger partial charge >= 0.3 is 6.61 Å². The number of carbonyl (C=O) groups excluding carboxylic acids is 1. The minimum absolute atomic E-state index is 0.0581. The van der Waals surface area contributed by atoms with Gasteiger partial charge in [-0.15, -0.1) is 0 Å². The van der Waals surface area contributed by atoms with Crippen molar-refractivity contribution in [1.29, 1.82) is 0 Å². The summed E-state index contributed by atoms with van der Waals surface area (Å²) in [4.78, 5) is 20.6. The summed E-state index contributed by atoms with van der Waals surface area (Å²) in [6.45, 7) is -0.398. The van der Waals surface area contributed by atoms with E-state index >= 15 is 0 Å². The second-order valence-corrected chi connectivity index (χ2v) is 7.19. The maximum atomic E-state index is 12.5. The van der Waals surface area contributed by atoms with Gasteiger partial charge < -0.3 is 14.5 Å². The van der Waals surface area contributed by atoms with Crippen molar-refractivity contribution in [3.8, 4) is 5.75 Å². The number of rotatable bonds is 6. The predicted octanol–water partition coefficient (Wildman–Crippen LogP) is 4.27. The third-order valence-corrected chi connectivity index (χ3v) is 4.98. The summed E-state index contributed by atoms with van der Waals surface area (Å²) >= 11 is 12.1. The molecule has 1 fully saturated rings. The highest BCUT2D eigenvalue weighted by Crippen LogP contribution is 2.27. The number of hydrogen-bond acceptors (Lipinski definition) is 4. The molecule has 0 spiro atoms. The van der Waals surface area contributed by atoms with Crippen LogP contribution >= 0.6 is 23.2 Å². The van der Waals surface area contributed by atoms with Crippen LogP contribution in [0.1, 0.15) is 12.0 Å². The van der Waals surface area contributed by atoms with Crippen LogP contribution in [0.15, 0.2) is 36.5 Å². The summed E-state index contributed by atoms with van der Waals surface area (Å²) in [7, 11) is 0. The maximum absolute atomic E-state index is 12.5. The second-order valence-electron chi connectivity index (χ2n) is 6.35. The summed E-state index contributed by atoms with van der Waals surface area (Å²) in [6.07, 6.45) is 2.45. The van der Waals surface area contributed by atoms with Crippen LogP contribution in [0, 0.1) is 0 Å². The van der Waals surface area contributed by atoms with E-state index in [1.807, 2.05) is 9.80 Å². The van der Waals surface area contributed by atoms with E-state index in [2.05, 4.69) is 9.72 Å². The van der Waals surface area contributed by atoms with Crippen LogP contribution in [-0.2, 0) is 11.2 Å². The van der Waals surface area contributed by atoms with Crippen molar-refractivity contribution >= 4 is 34.9 Å². The van der Waals surface area contributed by atoms with Gasteiger partial charge in [-0.25, -0.2) is 4.98 Å². The topological polar surface area (TPSA) is 45.7 Å². The van der Waals surface area contributed by atoms with E-state index in [0.717, 1.165) is 5.56 Å². The number of halogens is 4. The summed E-state index contributed by atoms with van der Waals surface area (Å²) < 4.78 is 28.6. The number of aryl methyl sites for hydroxylation is 1. The molecule has 1 aliphatic rings. The molecule has 1 aromatic carbocycles. The number of amides is 1. The number of hydrogen-bond donors (Lipinski definition) is 0. The van der Waals surface area contributed by atoms with E-state index in [0.29, 0.717) is 54.9 Å². The molecule has 2 heterocycles. The van der Waals surface area contributed by atoms with E-state index in [1.54, 1.807) is 24.4 Å². The summed E-state index contributed by atoms with van der Waals surface area (Å²) in [5.74, 6) is 0.836. The lowest BCUT2D eigenvalue weighted by Gasteiger charge is -2.35. The lowest BCUT2D eigenvalue weighted by atomic mass is 10.1. The number of pyridine rings is 1. The Kier molecular flexibility index (Phi) is 6.91. The van der Waals surface area contributed by atoms with Gasteiger partial charge in [0.1, 0.15) is 11.6 Å². The molecule has 3 rings (SSSR count). The van der Waals surface area contributed by atoms with Crippen molar-refractivity contribution in [1.82, 2.24) is 9.88 Å². The lowest BCUT2D eigenvalue weighted by molar-refractivity contribution is -0.131. The normalized spacial score (nSPS) is 14.5. The van der Waals surface area contributed by atoms with Crippen molar-refractivity contribution in [2.45, 2.75) is 19.5 Å². The largest absolute Gasteiger partial charge is 0.435 e. The maximum Gasteiger partial charge on any atom is 0.387 e. The van der Waals surface area contributed by atoms with Gasteiger partial charge in [-0.3, -0.25) is 4.79 Å². The Morgan fingerprint density at radius 2 is 1.82 bits per heavy atom. The Labute approximate surface area is 171 Å². The number of alkyl halides is 2. The third kappa shape index (κ3) is 5.45. The molecule has 0 aliphatic carbocycles. The highest BCUT2D eigenvalue weighted by Gasteiger charge is 2.23. The first-order chi connectivity index (χ1) is 13.4. The number of piperazine rings is 1. The molecule has 1 saturated heterocycles. The molecule has 9 heteroatoms. The van der Waals surface area contributed by atoms with Gasteiger partial charge in [-0.05, 0) is 30.2 Å². The Morgan fingerprint density at radius 1 is 1.14 bits per heavy atom. The van der Waals surface area contributed by atoms with Crippen LogP contribution in [0.2, 0.25) is 10.0 Å². The standard InChI is InChI=1S/C19H19Cl2F2N3O2/c20-14-11-16(21)18(24-12-14)26-9-7-25(8-10-26)17(27)6-3-13-1-4-15(5-2-13)28-19(22)23/h1-2,4-5,11-12,19H,3,6-10H2. The van der Waals surface area contributed by atoms with Gasteiger partial charge in [0.25, 0.3) is 0 Å². The Hall–Kier alpha value is -2.12. The minimum atomic E-state index is -2.84. The third-order valence-electron chi connectivity index (χ3n) is 4.50. The molecule has 0 bridgehead atoms. The van der Waals surface area contributed by atoms with Crippen molar-refractivity contribution in [2.75, 3.05) is 31.1 Å². The van der Waals surface area contributed by atoms with Crippen molar-refractivity contribution in [3.05, 3.63) is 52.1 Å². The quantitative estimate of drug-likeness (QED) is 0.687. The molecule has 0 saturated carbocycles. The Morgan fingerprint density at radius 3 is 2.43 bits per heavy atom. The molecule has 1 amide bonds. The molecule has 1 aromatic heterocycles. The molecule has 1 aliphatic heterocycles. The first-order valence-corrected chi connectivity index (χ1v) is 9.55. The van der Waals surface area contributed by atoms with Crippen LogP contribution < -0.4 is 9.64 Å². The predicted molar refractivity (Wildman–Crippen MR) is 104 cm³/mol. The van der Waals surface area contributed by atoms with E-state index in [-0.39, 0.29) is 11.7 Å². The Balaban J connectivity index is 1.47. The number of nitrogens with zero attached hydrogens (tertiary/aromatic N) is 3. The summed E-state index contributed by atoms with van der Waals surface area (Å²) in [5, 5.41) is 0.975. The van der Waals surface area contributed by atoms with E-state index in [9.17, 15) is 13.6 Å². The SMILES string of the molecule is O=C(CCc1ccc(OC(F)F)cc1)N1CCN(c2ncc(Cl)cc2Cl)CC1. The fraction of sp³-hybridized carbons (Fsp3) is 0.368. The first kappa shape index (κ1) is 20.6. The number of benzene rings is 1. The fourth-order valence-corrected chi connectivity index (χ4v) is 3.55. The minimum Gasteiger partial charge on any atom is -0.435 e. The highest BCUT2D eigenvalue weighted by molar-refractivity contribution is 6.36. The van der Waals surface area contributed by atoms with Gasteiger partial charge in [0, 0.05) is 38.8 Å². The molecule has 28 heavy (non-hydrogen) atoms. The molecule has 0 atom stereocenters. The van der Waals surface area contributed by atoms with Crippen LogP contribution in [-0.4, -0.2) is 48.6 Å². The molecule has 150 valence electrons.